The number of carbonyl (C=O) groups is 1. The Balaban J connectivity index is 1.29. The summed E-state index contributed by atoms with van der Waals surface area (Å²) in [6.45, 7) is 2.00. The zero-order valence-corrected chi connectivity index (χ0v) is 15.4. The maximum Gasteiger partial charge on any atom is 0.221 e. The van der Waals surface area contributed by atoms with E-state index in [4.69, 9.17) is 16.3 Å². The third-order valence-electron chi connectivity index (χ3n) is 4.24. The summed E-state index contributed by atoms with van der Waals surface area (Å²) in [7, 11) is 0. The number of carbonyl (C=O) groups excluding carboxylic acids is 1. The van der Waals surface area contributed by atoms with Gasteiger partial charge in [-0.2, -0.15) is 0 Å². The number of hydrogen-bond donors (Lipinski definition) is 1. The second-order valence-electron chi connectivity index (χ2n) is 6.18. The Morgan fingerprint density at radius 2 is 1.85 bits per heavy atom. The smallest absolute Gasteiger partial charge is 0.221 e. The molecule has 0 bridgehead atoms. The Kier molecular flexibility index (Phi) is 6.56. The molecular weight excluding hydrogens is 348 g/mol. The average molecular weight is 371 g/mol. The van der Waals surface area contributed by atoms with Crippen LogP contribution in [0.3, 0.4) is 0 Å². The van der Waals surface area contributed by atoms with Gasteiger partial charge in [0.25, 0.3) is 0 Å². The van der Waals surface area contributed by atoms with Crippen molar-refractivity contribution in [1.29, 1.82) is 0 Å². The van der Waals surface area contributed by atoms with Gasteiger partial charge in [-0.05, 0) is 54.6 Å². The Labute approximate surface area is 158 Å². The third-order valence-corrected chi connectivity index (χ3v) is 4.49. The molecular formula is C21H23ClN2O2. The third kappa shape index (κ3) is 5.27. The van der Waals surface area contributed by atoms with Crippen molar-refractivity contribution in [2.75, 3.05) is 13.2 Å². The van der Waals surface area contributed by atoms with Crippen LogP contribution in [0.25, 0.3) is 10.9 Å². The summed E-state index contributed by atoms with van der Waals surface area (Å²) in [4.78, 5) is 12.0. The van der Waals surface area contributed by atoms with Gasteiger partial charge in [0.1, 0.15) is 5.75 Å². The molecule has 1 heterocycles. The summed E-state index contributed by atoms with van der Waals surface area (Å²) < 4.78 is 7.75. The first-order chi connectivity index (χ1) is 12.7. The molecule has 0 atom stereocenters. The lowest BCUT2D eigenvalue weighted by Crippen LogP contribution is -2.25. The SMILES string of the molecule is O=C(CCn1ccc2ccccc21)NCCCCOc1ccc(Cl)cc1. The summed E-state index contributed by atoms with van der Waals surface area (Å²) in [5.41, 5.74) is 1.17. The van der Waals surface area contributed by atoms with Crippen molar-refractivity contribution in [2.24, 2.45) is 0 Å². The van der Waals surface area contributed by atoms with Crippen molar-refractivity contribution in [2.45, 2.75) is 25.8 Å². The first-order valence-corrected chi connectivity index (χ1v) is 9.29. The highest BCUT2D eigenvalue weighted by atomic mass is 35.5. The maximum absolute atomic E-state index is 12.0. The fourth-order valence-electron chi connectivity index (χ4n) is 2.82. The molecule has 3 aromatic rings. The van der Waals surface area contributed by atoms with Crippen LogP contribution < -0.4 is 10.1 Å². The summed E-state index contributed by atoms with van der Waals surface area (Å²) in [5, 5.41) is 4.88. The highest BCUT2D eigenvalue weighted by Crippen LogP contribution is 2.16. The first kappa shape index (κ1) is 18.3. The number of amides is 1. The lowest BCUT2D eigenvalue weighted by atomic mass is 10.2. The largest absolute Gasteiger partial charge is 0.494 e. The van der Waals surface area contributed by atoms with E-state index in [0.29, 0.717) is 31.1 Å². The lowest BCUT2D eigenvalue weighted by Gasteiger charge is -2.08. The topological polar surface area (TPSA) is 43.3 Å². The maximum atomic E-state index is 12.0. The highest BCUT2D eigenvalue weighted by molar-refractivity contribution is 6.30. The van der Waals surface area contributed by atoms with Crippen LogP contribution in [0.2, 0.25) is 5.02 Å². The number of unbranched alkanes of at least 4 members (excludes halogenated alkanes) is 1. The second-order valence-corrected chi connectivity index (χ2v) is 6.61. The molecule has 1 amide bonds. The number of aromatic nitrogens is 1. The number of halogens is 1. The number of para-hydroxylation sites is 1. The zero-order chi connectivity index (χ0) is 18.2. The minimum atomic E-state index is 0.0846. The Morgan fingerprint density at radius 1 is 1.04 bits per heavy atom. The number of aryl methyl sites for hydroxylation is 1. The normalized spacial score (nSPS) is 10.8. The number of nitrogens with zero attached hydrogens (tertiary/aromatic N) is 1. The molecule has 0 saturated carbocycles. The van der Waals surface area contributed by atoms with Crippen molar-refractivity contribution in [3.8, 4) is 5.75 Å². The van der Waals surface area contributed by atoms with E-state index in [1.165, 1.54) is 10.9 Å². The van der Waals surface area contributed by atoms with E-state index < -0.39 is 0 Å². The molecule has 5 heteroatoms. The highest BCUT2D eigenvalue weighted by Gasteiger charge is 2.04. The van der Waals surface area contributed by atoms with E-state index in [1.54, 1.807) is 0 Å². The van der Waals surface area contributed by atoms with Crippen molar-refractivity contribution >= 4 is 28.4 Å². The fraction of sp³-hybridized carbons (Fsp3) is 0.286. The van der Waals surface area contributed by atoms with Crippen molar-refractivity contribution < 1.29 is 9.53 Å². The Bertz CT molecular complexity index is 843. The quantitative estimate of drug-likeness (QED) is 0.557. The molecule has 3 rings (SSSR count). The number of benzene rings is 2. The minimum absolute atomic E-state index is 0.0846. The van der Waals surface area contributed by atoms with E-state index >= 15 is 0 Å². The average Bonchev–Trinajstić information content (AvgIpc) is 3.07. The number of fused-ring (bicyclic) bond motifs is 1. The van der Waals surface area contributed by atoms with Crippen LogP contribution in [0.4, 0.5) is 0 Å². The standard InChI is InChI=1S/C21H23ClN2O2/c22-18-7-9-19(10-8-18)26-16-4-3-13-23-21(25)12-15-24-14-11-17-5-1-2-6-20(17)24/h1-2,5-11,14H,3-4,12-13,15-16H2,(H,23,25). The summed E-state index contributed by atoms with van der Waals surface area (Å²) in [5.74, 6) is 0.902. The van der Waals surface area contributed by atoms with Gasteiger partial charge in [-0.25, -0.2) is 0 Å². The van der Waals surface area contributed by atoms with Crippen LogP contribution in [0, 0.1) is 0 Å². The van der Waals surface area contributed by atoms with E-state index in [1.807, 2.05) is 42.6 Å². The van der Waals surface area contributed by atoms with Gasteiger partial charge in [-0.15, -0.1) is 0 Å². The van der Waals surface area contributed by atoms with Gasteiger partial charge in [-0.3, -0.25) is 4.79 Å². The molecule has 26 heavy (non-hydrogen) atoms. The van der Waals surface area contributed by atoms with Crippen LogP contribution in [-0.2, 0) is 11.3 Å². The molecule has 0 aliphatic carbocycles. The van der Waals surface area contributed by atoms with Crippen LogP contribution in [0.1, 0.15) is 19.3 Å². The molecule has 0 saturated heterocycles. The molecule has 0 spiro atoms. The van der Waals surface area contributed by atoms with E-state index in [2.05, 4.69) is 28.1 Å². The number of ether oxygens (including phenoxy) is 1. The van der Waals surface area contributed by atoms with E-state index in [-0.39, 0.29) is 5.91 Å². The van der Waals surface area contributed by atoms with Crippen LogP contribution in [-0.4, -0.2) is 23.6 Å². The fourth-order valence-corrected chi connectivity index (χ4v) is 2.95. The van der Waals surface area contributed by atoms with E-state index in [0.717, 1.165) is 18.6 Å². The summed E-state index contributed by atoms with van der Waals surface area (Å²) in [6, 6.07) is 17.6. The number of rotatable bonds is 9. The zero-order valence-electron chi connectivity index (χ0n) is 14.7. The Hall–Kier alpha value is -2.46. The first-order valence-electron chi connectivity index (χ1n) is 8.91. The van der Waals surface area contributed by atoms with Crippen molar-refractivity contribution in [1.82, 2.24) is 9.88 Å². The number of nitrogens with one attached hydrogen (secondary N) is 1. The van der Waals surface area contributed by atoms with Crippen molar-refractivity contribution in [3.63, 3.8) is 0 Å². The van der Waals surface area contributed by atoms with Gasteiger partial charge in [0, 0.05) is 36.2 Å². The molecule has 2 aromatic carbocycles. The number of hydrogen-bond acceptors (Lipinski definition) is 2. The van der Waals surface area contributed by atoms with E-state index in [9.17, 15) is 4.79 Å². The lowest BCUT2D eigenvalue weighted by molar-refractivity contribution is -0.121. The molecule has 1 aromatic heterocycles. The van der Waals surface area contributed by atoms with Gasteiger partial charge in [-0.1, -0.05) is 29.8 Å². The van der Waals surface area contributed by atoms with Gasteiger partial charge in [0.05, 0.1) is 6.61 Å². The molecule has 4 nitrogen and oxygen atoms in total. The van der Waals surface area contributed by atoms with Gasteiger partial charge < -0.3 is 14.6 Å². The predicted molar refractivity (Wildman–Crippen MR) is 106 cm³/mol. The predicted octanol–water partition coefficient (Wildman–Crippen LogP) is 4.66. The van der Waals surface area contributed by atoms with Gasteiger partial charge in [0.2, 0.25) is 5.91 Å². The monoisotopic (exact) mass is 370 g/mol. The Morgan fingerprint density at radius 3 is 2.69 bits per heavy atom. The van der Waals surface area contributed by atoms with Crippen LogP contribution >= 0.6 is 11.6 Å². The van der Waals surface area contributed by atoms with Gasteiger partial charge >= 0.3 is 0 Å². The molecule has 0 unspecified atom stereocenters. The summed E-state index contributed by atoms with van der Waals surface area (Å²) >= 11 is 5.83. The summed E-state index contributed by atoms with van der Waals surface area (Å²) in [6.07, 6.45) is 4.31. The van der Waals surface area contributed by atoms with Crippen LogP contribution in [0.15, 0.2) is 60.8 Å². The molecule has 136 valence electrons. The molecule has 0 aliphatic heterocycles. The van der Waals surface area contributed by atoms with Crippen LogP contribution in [0.5, 0.6) is 5.75 Å². The molecule has 0 fully saturated rings. The van der Waals surface area contributed by atoms with Crippen molar-refractivity contribution in [3.05, 3.63) is 65.8 Å². The molecule has 0 radical (unpaired) electrons. The minimum Gasteiger partial charge on any atom is -0.494 e. The van der Waals surface area contributed by atoms with Gasteiger partial charge in [0.15, 0.2) is 0 Å². The molecule has 1 N–H and O–H groups in total. The second kappa shape index (κ2) is 9.30. The molecule has 0 aliphatic rings.